The van der Waals surface area contributed by atoms with E-state index in [4.69, 9.17) is 11.6 Å². The van der Waals surface area contributed by atoms with E-state index in [1.165, 1.54) is 17.7 Å². The minimum atomic E-state index is -3.69. The maximum absolute atomic E-state index is 12.3. The zero-order chi connectivity index (χ0) is 19.2. The molecule has 0 atom stereocenters. The lowest BCUT2D eigenvalue weighted by atomic mass is 10.2. The molecule has 7 heteroatoms. The Kier molecular flexibility index (Phi) is 7.58. The summed E-state index contributed by atoms with van der Waals surface area (Å²) in [6.07, 6.45) is 0. The number of benzene rings is 3. The summed E-state index contributed by atoms with van der Waals surface area (Å²) in [6.45, 7) is 2.08. The van der Waals surface area contributed by atoms with E-state index >= 15 is 0 Å². The Morgan fingerprint density at radius 1 is 0.962 bits per heavy atom. The van der Waals surface area contributed by atoms with Crippen molar-refractivity contribution in [1.82, 2.24) is 0 Å². The fraction of sp³-hybridized carbons (Fsp3) is 0.0526. The summed E-state index contributed by atoms with van der Waals surface area (Å²) < 4.78 is 27.5. The smallest absolute Gasteiger partial charge is 0.263 e. The van der Waals surface area contributed by atoms with Gasteiger partial charge in [-0.1, -0.05) is 59.6 Å². The van der Waals surface area contributed by atoms with E-state index in [0.29, 0.717) is 20.1 Å². The van der Waals surface area contributed by atoms with Gasteiger partial charge in [-0.05, 0) is 53.2 Å². The highest BCUT2D eigenvalue weighted by molar-refractivity contribution is 9.10. The lowest BCUT2D eigenvalue weighted by Crippen LogP contribution is -2.13. The summed E-state index contributed by atoms with van der Waals surface area (Å²) in [6, 6.07) is 21.6. The van der Waals surface area contributed by atoms with E-state index in [1.807, 2.05) is 18.2 Å². The molecule has 0 radical (unpaired) electrons. The van der Waals surface area contributed by atoms with Crippen molar-refractivity contribution in [1.29, 1.82) is 0 Å². The van der Waals surface area contributed by atoms with Crippen LogP contribution >= 0.6 is 40.2 Å². The predicted molar refractivity (Wildman–Crippen MR) is 115 cm³/mol. The topological polar surface area (TPSA) is 46.2 Å². The summed E-state index contributed by atoms with van der Waals surface area (Å²) in [4.78, 5) is 0.655. The minimum Gasteiger partial charge on any atom is -0.278 e. The van der Waals surface area contributed by atoms with E-state index < -0.39 is 10.0 Å². The van der Waals surface area contributed by atoms with Gasteiger partial charge < -0.3 is 0 Å². The molecule has 0 saturated carbocycles. The molecule has 0 fully saturated rings. The third-order valence-corrected chi connectivity index (χ3v) is 6.27. The Morgan fingerprint density at radius 2 is 1.58 bits per heavy atom. The second kappa shape index (κ2) is 9.46. The molecular weight excluding hydrogens is 454 g/mol. The number of rotatable bonds is 3. The van der Waals surface area contributed by atoms with Gasteiger partial charge in [0.15, 0.2) is 0 Å². The quantitative estimate of drug-likeness (QED) is 0.448. The molecule has 3 nitrogen and oxygen atoms in total. The fourth-order valence-corrected chi connectivity index (χ4v) is 4.50. The number of halogens is 2. The third-order valence-electron chi connectivity index (χ3n) is 3.27. The van der Waals surface area contributed by atoms with Crippen molar-refractivity contribution < 1.29 is 8.42 Å². The Labute approximate surface area is 173 Å². The van der Waals surface area contributed by atoms with Crippen LogP contribution in [0.3, 0.4) is 0 Å². The van der Waals surface area contributed by atoms with Crippen molar-refractivity contribution in [2.75, 3.05) is 4.72 Å². The van der Waals surface area contributed by atoms with Gasteiger partial charge in [0.1, 0.15) is 4.90 Å². The van der Waals surface area contributed by atoms with Crippen molar-refractivity contribution in [3.8, 4) is 0 Å². The SMILES string of the molecule is Cc1ccccc1.O=S(=O)(Nc1cc(Cl)ccc1S)c1ccccc1Br. The van der Waals surface area contributed by atoms with Crippen molar-refractivity contribution in [2.24, 2.45) is 0 Å². The maximum atomic E-state index is 12.3. The van der Waals surface area contributed by atoms with Crippen LogP contribution in [0.15, 0.2) is 87.1 Å². The number of nitrogens with one attached hydrogen (secondary N) is 1. The Balaban J connectivity index is 0.000000290. The van der Waals surface area contributed by atoms with Crippen LogP contribution in [0.2, 0.25) is 5.02 Å². The van der Waals surface area contributed by atoms with Crippen LogP contribution in [0.4, 0.5) is 5.69 Å². The van der Waals surface area contributed by atoms with Crippen molar-refractivity contribution in [3.63, 3.8) is 0 Å². The second-order valence-electron chi connectivity index (χ2n) is 5.35. The van der Waals surface area contributed by atoms with Gasteiger partial charge in [-0.2, -0.15) is 0 Å². The van der Waals surface area contributed by atoms with Gasteiger partial charge in [0.05, 0.1) is 5.69 Å². The first-order valence-electron chi connectivity index (χ1n) is 7.57. The molecule has 0 spiro atoms. The monoisotopic (exact) mass is 469 g/mol. The van der Waals surface area contributed by atoms with Crippen LogP contribution in [-0.2, 0) is 10.0 Å². The van der Waals surface area contributed by atoms with Gasteiger partial charge in [0, 0.05) is 14.4 Å². The molecule has 0 saturated heterocycles. The van der Waals surface area contributed by atoms with E-state index in [1.54, 1.807) is 30.3 Å². The van der Waals surface area contributed by atoms with Crippen LogP contribution in [0.5, 0.6) is 0 Å². The van der Waals surface area contributed by atoms with Gasteiger partial charge >= 0.3 is 0 Å². The normalized spacial score (nSPS) is 10.6. The first-order valence-corrected chi connectivity index (χ1v) is 10.7. The van der Waals surface area contributed by atoms with Gasteiger partial charge in [-0.25, -0.2) is 8.42 Å². The molecule has 0 aromatic heterocycles. The molecule has 0 unspecified atom stereocenters. The van der Waals surface area contributed by atoms with Gasteiger partial charge in [0.2, 0.25) is 0 Å². The Hall–Kier alpha value is -1.47. The van der Waals surface area contributed by atoms with Gasteiger partial charge in [-0.3, -0.25) is 4.72 Å². The highest BCUT2D eigenvalue weighted by Crippen LogP contribution is 2.28. The summed E-state index contributed by atoms with van der Waals surface area (Å²) in [5, 5.41) is 0.433. The number of hydrogen-bond acceptors (Lipinski definition) is 3. The molecule has 1 N–H and O–H groups in total. The average Bonchev–Trinajstić information content (AvgIpc) is 2.59. The summed E-state index contributed by atoms with van der Waals surface area (Å²) in [5.41, 5.74) is 1.66. The lowest BCUT2D eigenvalue weighted by Gasteiger charge is -2.11. The van der Waals surface area contributed by atoms with Crippen LogP contribution < -0.4 is 4.72 Å². The van der Waals surface area contributed by atoms with E-state index in [-0.39, 0.29) is 4.90 Å². The number of sulfonamides is 1. The zero-order valence-corrected chi connectivity index (χ0v) is 17.9. The van der Waals surface area contributed by atoms with Crippen molar-refractivity contribution >= 4 is 55.9 Å². The fourth-order valence-electron chi connectivity index (χ4n) is 1.99. The van der Waals surface area contributed by atoms with Crippen molar-refractivity contribution in [2.45, 2.75) is 16.7 Å². The third kappa shape index (κ3) is 6.06. The second-order valence-corrected chi connectivity index (χ2v) is 8.78. The molecule has 136 valence electrons. The number of anilines is 1. The summed E-state index contributed by atoms with van der Waals surface area (Å²) in [7, 11) is -3.69. The molecule has 3 aromatic carbocycles. The number of thiol groups is 1. The maximum Gasteiger partial charge on any atom is 0.263 e. The van der Waals surface area contributed by atoms with Gasteiger partial charge in [0.25, 0.3) is 10.0 Å². The molecule has 3 aromatic rings. The lowest BCUT2D eigenvalue weighted by molar-refractivity contribution is 0.600. The predicted octanol–water partition coefficient (Wildman–Crippen LogP) is 6.19. The van der Waals surface area contributed by atoms with Crippen LogP contribution in [-0.4, -0.2) is 8.42 Å². The molecule has 0 aliphatic heterocycles. The summed E-state index contributed by atoms with van der Waals surface area (Å²) >= 11 is 13.3. The largest absolute Gasteiger partial charge is 0.278 e. The Bertz CT molecular complexity index is 980. The summed E-state index contributed by atoms with van der Waals surface area (Å²) in [5.74, 6) is 0. The van der Waals surface area contributed by atoms with E-state index in [2.05, 4.69) is 52.3 Å². The molecule has 26 heavy (non-hydrogen) atoms. The zero-order valence-electron chi connectivity index (χ0n) is 13.9. The first kappa shape index (κ1) is 20.8. The van der Waals surface area contributed by atoms with Crippen LogP contribution in [0.1, 0.15) is 5.56 Å². The minimum absolute atomic E-state index is 0.155. The van der Waals surface area contributed by atoms with Gasteiger partial charge in [-0.15, -0.1) is 12.6 Å². The number of hydrogen-bond donors (Lipinski definition) is 2. The van der Waals surface area contributed by atoms with E-state index in [9.17, 15) is 8.42 Å². The van der Waals surface area contributed by atoms with Crippen molar-refractivity contribution in [3.05, 3.63) is 87.9 Å². The van der Waals surface area contributed by atoms with E-state index in [0.717, 1.165) is 0 Å². The number of aryl methyl sites for hydroxylation is 1. The molecule has 0 aliphatic carbocycles. The molecule has 0 aliphatic rings. The Morgan fingerprint density at radius 3 is 2.15 bits per heavy atom. The standard InChI is InChI=1S/C12H9BrClNO2S2.C7H8/c13-9-3-1-2-4-12(9)19(16,17)15-10-7-8(14)5-6-11(10)18;1-7-5-3-2-4-6-7/h1-7,15,18H;2-6H,1H3. The average molecular weight is 471 g/mol. The molecule has 3 rings (SSSR count). The van der Waals surface area contributed by atoms with Crippen LogP contribution in [0.25, 0.3) is 0 Å². The highest BCUT2D eigenvalue weighted by atomic mass is 79.9. The molecular formula is C19H17BrClNO2S2. The molecule has 0 bridgehead atoms. The van der Waals surface area contributed by atoms with Crippen LogP contribution in [0, 0.1) is 6.92 Å². The first-order chi connectivity index (χ1) is 12.3. The molecule has 0 heterocycles. The molecule has 0 amide bonds. The highest BCUT2D eigenvalue weighted by Gasteiger charge is 2.18.